The first-order chi connectivity index (χ1) is 6.09. The van der Waals surface area contributed by atoms with Crippen LogP contribution in [0.2, 0.25) is 0 Å². The van der Waals surface area contributed by atoms with Gasteiger partial charge in [0.2, 0.25) is 0 Å². The van der Waals surface area contributed by atoms with E-state index in [1.54, 1.807) is 0 Å². The lowest BCUT2D eigenvalue weighted by molar-refractivity contribution is -0.117. The molecular formula is C11H23NO. The van der Waals surface area contributed by atoms with E-state index in [1.807, 2.05) is 0 Å². The molecule has 2 heteroatoms. The Hall–Kier alpha value is -0.0800. The molecule has 1 unspecified atom stereocenters. The van der Waals surface area contributed by atoms with E-state index in [0.29, 0.717) is 12.0 Å². The van der Waals surface area contributed by atoms with Gasteiger partial charge in [-0.2, -0.15) is 0 Å². The molecule has 13 heavy (non-hydrogen) atoms. The largest absolute Gasteiger partial charge is 0.369 e. The fraction of sp³-hybridized carbons (Fsp3) is 1.00. The van der Waals surface area contributed by atoms with Gasteiger partial charge in [0.05, 0.1) is 11.7 Å². The molecule has 0 spiro atoms. The Morgan fingerprint density at radius 1 is 1.38 bits per heavy atom. The predicted molar refractivity (Wildman–Crippen MR) is 55.9 cm³/mol. The van der Waals surface area contributed by atoms with E-state index < -0.39 is 0 Å². The second-order valence-corrected chi connectivity index (χ2v) is 4.62. The number of morpholine rings is 1. The quantitative estimate of drug-likeness (QED) is 0.727. The van der Waals surface area contributed by atoms with E-state index >= 15 is 0 Å². The molecule has 0 saturated carbocycles. The highest BCUT2D eigenvalue weighted by Gasteiger charge is 2.31. The number of hydrogen-bond acceptors (Lipinski definition) is 2. The Labute approximate surface area is 82.0 Å². The second kappa shape index (κ2) is 4.43. The van der Waals surface area contributed by atoms with Crippen molar-refractivity contribution in [3.8, 4) is 0 Å². The van der Waals surface area contributed by atoms with Crippen LogP contribution in [0.5, 0.6) is 0 Å². The van der Waals surface area contributed by atoms with Gasteiger partial charge in [-0.15, -0.1) is 0 Å². The van der Waals surface area contributed by atoms with E-state index in [0.717, 1.165) is 13.1 Å². The van der Waals surface area contributed by atoms with Crippen molar-refractivity contribution in [2.45, 2.75) is 52.2 Å². The van der Waals surface area contributed by atoms with Crippen LogP contribution < -0.4 is 5.32 Å². The lowest BCUT2D eigenvalue weighted by Crippen LogP contribution is -2.52. The molecule has 1 aliphatic heterocycles. The molecule has 1 rings (SSSR count). The van der Waals surface area contributed by atoms with Gasteiger partial charge in [-0.1, -0.05) is 26.7 Å². The van der Waals surface area contributed by atoms with E-state index in [-0.39, 0.29) is 5.60 Å². The molecule has 1 N–H and O–H groups in total. The first-order valence-corrected chi connectivity index (χ1v) is 5.47. The van der Waals surface area contributed by atoms with Crippen LogP contribution in [0, 0.1) is 5.92 Å². The highest BCUT2D eigenvalue weighted by Crippen LogP contribution is 2.24. The fourth-order valence-corrected chi connectivity index (χ4v) is 2.09. The van der Waals surface area contributed by atoms with Crippen LogP contribution in [-0.4, -0.2) is 24.8 Å². The summed E-state index contributed by atoms with van der Waals surface area (Å²) in [6.07, 6.45) is 2.86. The second-order valence-electron chi connectivity index (χ2n) is 4.62. The molecule has 1 atom stereocenters. The summed E-state index contributed by atoms with van der Waals surface area (Å²) < 4.78 is 6.06. The van der Waals surface area contributed by atoms with Crippen LogP contribution in [0.4, 0.5) is 0 Å². The molecule has 1 heterocycles. The maximum Gasteiger partial charge on any atom is 0.0754 e. The molecule has 0 amide bonds. The van der Waals surface area contributed by atoms with Crippen molar-refractivity contribution in [3.05, 3.63) is 0 Å². The van der Waals surface area contributed by atoms with Crippen molar-refractivity contribution >= 4 is 0 Å². The van der Waals surface area contributed by atoms with E-state index in [4.69, 9.17) is 4.74 Å². The summed E-state index contributed by atoms with van der Waals surface area (Å²) >= 11 is 0. The van der Waals surface area contributed by atoms with Crippen LogP contribution in [0.1, 0.15) is 40.5 Å². The summed E-state index contributed by atoms with van der Waals surface area (Å²) in [5.41, 5.74) is 0.0194. The van der Waals surface area contributed by atoms with Crippen molar-refractivity contribution < 1.29 is 4.74 Å². The summed E-state index contributed by atoms with van der Waals surface area (Å²) in [5.74, 6) is 0.715. The monoisotopic (exact) mass is 185 g/mol. The first kappa shape index (κ1) is 11.0. The fourth-order valence-electron chi connectivity index (χ4n) is 2.09. The summed E-state index contributed by atoms with van der Waals surface area (Å²) in [6, 6.07) is 0. The van der Waals surface area contributed by atoms with Gasteiger partial charge in [-0.05, 0) is 19.8 Å². The third-order valence-corrected chi connectivity index (χ3v) is 2.94. The van der Waals surface area contributed by atoms with Gasteiger partial charge >= 0.3 is 0 Å². The predicted octanol–water partition coefficient (Wildman–Crippen LogP) is 2.19. The van der Waals surface area contributed by atoms with Crippen LogP contribution in [0.3, 0.4) is 0 Å². The Balaban J connectivity index is 2.50. The Bertz CT molecular complexity index is 152. The molecule has 2 nitrogen and oxygen atoms in total. The van der Waals surface area contributed by atoms with Crippen LogP contribution in [0.25, 0.3) is 0 Å². The molecule has 0 aromatic rings. The van der Waals surface area contributed by atoms with Gasteiger partial charge in [0, 0.05) is 13.1 Å². The zero-order valence-electron chi connectivity index (χ0n) is 9.39. The first-order valence-electron chi connectivity index (χ1n) is 5.47. The number of hydrogen-bond donors (Lipinski definition) is 1. The van der Waals surface area contributed by atoms with E-state index in [9.17, 15) is 0 Å². The Morgan fingerprint density at radius 2 is 2.00 bits per heavy atom. The van der Waals surface area contributed by atoms with Gasteiger partial charge in [-0.3, -0.25) is 0 Å². The highest BCUT2D eigenvalue weighted by atomic mass is 16.5. The van der Waals surface area contributed by atoms with E-state index in [2.05, 4.69) is 33.0 Å². The SMILES string of the molecule is CCC(CC)C1CNCC(C)(C)O1. The number of nitrogens with one attached hydrogen (secondary N) is 1. The van der Waals surface area contributed by atoms with Gasteiger partial charge in [0.25, 0.3) is 0 Å². The topological polar surface area (TPSA) is 21.3 Å². The minimum Gasteiger partial charge on any atom is -0.369 e. The van der Waals surface area contributed by atoms with Crippen LogP contribution in [-0.2, 0) is 4.74 Å². The van der Waals surface area contributed by atoms with Crippen molar-refractivity contribution in [2.75, 3.05) is 13.1 Å². The smallest absolute Gasteiger partial charge is 0.0754 e. The Kier molecular flexibility index (Phi) is 3.74. The minimum absolute atomic E-state index is 0.0194. The zero-order valence-corrected chi connectivity index (χ0v) is 9.39. The standard InChI is InChI=1S/C11H23NO/c1-5-9(6-2)10-7-12-8-11(3,4)13-10/h9-10,12H,5-8H2,1-4H3. The van der Waals surface area contributed by atoms with Gasteiger partial charge < -0.3 is 10.1 Å². The Morgan fingerprint density at radius 3 is 2.46 bits per heavy atom. The molecule has 0 aromatic carbocycles. The summed E-state index contributed by atoms with van der Waals surface area (Å²) in [5, 5.41) is 3.45. The maximum atomic E-state index is 6.06. The van der Waals surface area contributed by atoms with Crippen molar-refractivity contribution in [1.82, 2.24) is 5.32 Å². The highest BCUT2D eigenvalue weighted by molar-refractivity contribution is 4.84. The van der Waals surface area contributed by atoms with Gasteiger partial charge in [0.15, 0.2) is 0 Å². The molecule has 0 radical (unpaired) electrons. The van der Waals surface area contributed by atoms with Crippen molar-refractivity contribution in [2.24, 2.45) is 5.92 Å². The number of rotatable bonds is 3. The molecule has 0 aliphatic carbocycles. The third-order valence-electron chi connectivity index (χ3n) is 2.94. The minimum atomic E-state index is 0.0194. The lowest BCUT2D eigenvalue weighted by Gasteiger charge is -2.39. The van der Waals surface area contributed by atoms with Crippen LogP contribution >= 0.6 is 0 Å². The van der Waals surface area contributed by atoms with Gasteiger partial charge in [0.1, 0.15) is 0 Å². The maximum absolute atomic E-state index is 6.06. The molecule has 78 valence electrons. The summed E-state index contributed by atoms with van der Waals surface area (Å²) in [4.78, 5) is 0. The molecule has 1 saturated heterocycles. The summed E-state index contributed by atoms with van der Waals surface area (Å²) in [6.45, 7) is 10.8. The summed E-state index contributed by atoms with van der Waals surface area (Å²) in [7, 11) is 0. The average molecular weight is 185 g/mol. The normalized spacial score (nSPS) is 27.9. The van der Waals surface area contributed by atoms with Crippen molar-refractivity contribution in [3.63, 3.8) is 0 Å². The van der Waals surface area contributed by atoms with Crippen LogP contribution in [0.15, 0.2) is 0 Å². The van der Waals surface area contributed by atoms with Gasteiger partial charge in [-0.25, -0.2) is 0 Å². The zero-order chi connectivity index (χ0) is 9.90. The third kappa shape index (κ3) is 2.96. The van der Waals surface area contributed by atoms with Crippen molar-refractivity contribution in [1.29, 1.82) is 0 Å². The molecule has 0 aromatic heterocycles. The number of ether oxygens (including phenoxy) is 1. The molecule has 0 bridgehead atoms. The molecular weight excluding hydrogens is 162 g/mol. The molecule has 1 aliphatic rings. The van der Waals surface area contributed by atoms with E-state index in [1.165, 1.54) is 12.8 Å². The average Bonchev–Trinajstić information content (AvgIpc) is 2.05. The molecule has 1 fully saturated rings. The lowest BCUT2D eigenvalue weighted by atomic mass is 9.93.